The molecule has 0 atom stereocenters. The van der Waals surface area contributed by atoms with Crippen LogP contribution < -0.4 is 0 Å². The highest BCUT2D eigenvalue weighted by Crippen LogP contribution is 2.28. The van der Waals surface area contributed by atoms with Crippen LogP contribution in [-0.2, 0) is 4.74 Å². The van der Waals surface area contributed by atoms with E-state index in [1.165, 1.54) is 7.11 Å². The third-order valence-corrected chi connectivity index (χ3v) is 3.15. The van der Waals surface area contributed by atoms with E-state index < -0.39 is 5.97 Å². The normalized spacial score (nSPS) is 10.6. The molecular weight excluding hydrogens is 260 g/mol. The van der Waals surface area contributed by atoms with Crippen molar-refractivity contribution in [2.45, 2.75) is 6.92 Å². The number of rotatable bonds is 1. The molecule has 2 aromatic rings. The Morgan fingerprint density at radius 3 is 2.87 bits per heavy atom. The molecule has 2 rings (SSSR count). The van der Waals surface area contributed by atoms with E-state index in [2.05, 4.69) is 20.7 Å². The molecule has 0 aliphatic carbocycles. The van der Waals surface area contributed by atoms with Crippen LogP contribution in [0, 0.1) is 6.92 Å². The molecule has 0 amide bonds. The number of fused-ring (bicyclic) bond motifs is 1. The zero-order chi connectivity index (χ0) is 11.0. The van der Waals surface area contributed by atoms with Gasteiger partial charge < -0.3 is 9.15 Å². The van der Waals surface area contributed by atoms with Crippen LogP contribution in [0.15, 0.2) is 27.1 Å². The highest BCUT2D eigenvalue weighted by molar-refractivity contribution is 9.10. The van der Waals surface area contributed by atoms with E-state index in [0.29, 0.717) is 5.58 Å². The number of halogens is 1. The summed E-state index contributed by atoms with van der Waals surface area (Å²) >= 11 is 3.42. The van der Waals surface area contributed by atoms with Crippen molar-refractivity contribution < 1.29 is 13.9 Å². The number of ether oxygens (including phenoxy) is 1. The van der Waals surface area contributed by atoms with Crippen LogP contribution in [0.4, 0.5) is 0 Å². The molecule has 1 aromatic carbocycles. The van der Waals surface area contributed by atoms with Crippen molar-refractivity contribution in [1.29, 1.82) is 0 Å². The molecule has 78 valence electrons. The predicted molar refractivity (Wildman–Crippen MR) is 60.0 cm³/mol. The van der Waals surface area contributed by atoms with Crippen LogP contribution in [0.25, 0.3) is 11.0 Å². The Bertz CT molecular complexity index is 528. The number of carbonyl (C=O) groups is 1. The zero-order valence-corrected chi connectivity index (χ0v) is 9.92. The second-order valence-corrected chi connectivity index (χ2v) is 4.04. The number of carbonyl (C=O) groups excluding carboxylic acids is 1. The Morgan fingerprint density at radius 1 is 1.47 bits per heavy atom. The van der Waals surface area contributed by atoms with Crippen LogP contribution in [0.5, 0.6) is 0 Å². The van der Waals surface area contributed by atoms with Crippen LogP contribution in [0.3, 0.4) is 0 Å². The minimum atomic E-state index is -0.457. The molecule has 0 N–H and O–H groups in total. The molecular formula is C11H9BrO3. The Morgan fingerprint density at radius 2 is 2.20 bits per heavy atom. The lowest BCUT2D eigenvalue weighted by Crippen LogP contribution is -1.97. The Labute approximate surface area is 95.1 Å². The lowest BCUT2D eigenvalue weighted by Gasteiger charge is -1.96. The summed E-state index contributed by atoms with van der Waals surface area (Å²) in [6, 6.07) is 5.41. The van der Waals surface area contributed by atoms with Gasteiger partial charge in [0.1, 0.15) is 5.58 Å². The van der Waals surface area contributed by atoms with Gasteiger partial charge in [0.25, 0.3) is 0 Å². The molecule has 0 aliphatic rings. The second kappa shape index (κ2) is 3.70. The summed E-state index contributed by atoms with van der Waals surface area (Å²) < 4.78 is 10.9. The van der Waals surface area contributed by atoms with E-state index >= 15 is 0 Å². The van der Waals surface area contributed by atoms with E-state index in [9.17, 15) is 4.79 Å². The highest BCUT2D eigenvalue weighted by atomic mass is 79.9. The molecule has 0 aliphatic heterocycles. The van der Waals surface area contributed by atoms with Crippen LogP contribution >= 0.6 is 15.9 Å². The van der Waals surface area contributed by atoms with Crippen LogP contribution in [0.1, 0.15) is 16.1 Å². The van der Waals surface area contributed by atoms with Gasteiger partial charge in [-0.2, -0.15) is 0 Å². The summed E-state index contributed by atoms with van der Waals surface area (Å²) in [5, 5.41) is 0.921. The van der Waals surface area contributed by atoms with E-state index in [-0.39, 0.29) is 5.76 Å². The lowest BCUT2D eigenvalue weighted by atomic mass is 10.1. The average molecular weight is 269 g/mol. The van der Waals surface area contributed by atoms with Crippen molar-refractivity contribution in [3.05, 3.63) is 34.0 Å². The van der Waals surface area contributed by atoms with Crippen molar-refractivity contribution in [1.82, 2.24) is 0 Å². The van der Waals surface area contributed by atoms with Gasteiger partial charge in [0.05, 0.1) is 7.11 Å². The Hall–Kier alpha value is -1.29. The minimum Gasteiger partial charge on any atom is -0.463 e. The first-order valence-electron chi connectivity index (χ1n) is 4.40. The first-order valence-corrected chi connectivity index (χ1v) is 5.19. The van der Waals surface area contributed by atoms with Crippen LogP contribution in [-0.4, -0.2) is 13.1 Å². The Kier molecular flexibility index (Phi) is 2.52. The smallest absolute Gasteiger partial charge is 0.373 e. The largest absolute Gasteiger partial charge is 0.463 e. The molecule has 0 fully saturated rings. The van der Waals surface area contributed by atoms with Crippen molar-refractivity contribution in [2.24, 2.45) is 0 Å². The molecule has 4 heteroatoms. The van der Waals surface area contributed by atoms with Gasteiger partial charge in [0, 0.05) is 9.86 Å². The topological polar surface area (TPSA) is 39.4 Å². The molecule has 0 bridgehead atoms. The van der Waals surface area contributed by atoms with Gasteiger partial charge in [-0.1, -0.05) is 15.9 Å². The molecule has 1 heterocycles. The molecule has 15 heavy (non-hydrogen) atoms. The molecule has 0 saturated carbocycles. The van der Waals surface area contributed by atoms with Crippen LogP contribution in [0.2, 0.25) is 0 Å². The monoisotopic (exact) mass is 268 g/mol. The fourth-order valence-corrected chi connectivity index (χ4v) is 1.77. The van der Waals surface area contributed by atoms with E-state index in [1.807, 2.05) is 19.1 Å². The number of esters is 1. The maximum absolute atomic E-state index is 11.3. The zero-order valence-electron chi connectivity index (χ0n) is 8.33. The van der Waals surface area contributed by atoms with Crippen molar-refractivity contribution in [2.75, 3.05) is 7.11 Å². The minimum absolute atomic E-state index is 0.230. The van der Waals surface area contributed by atoms with Crippen molar-refractivity contribution >= 4 is 32.9 Å². The Balaban J connectivity index is 2.66. The van der Waals surface area contributed by atoms with Gasteiger partial charge in [-0.3, -0.25) is 0 Å². The number of hydrogen-bond acceptors (Lipinski definition) is 3. The fourth-order valence-electron chi connectivity index (χ4n) is 1.43. The fraction of sp³-hybridized carbons (Fsp3) is 0.182. The SMILES string of the molecule is COC(=O)c1cc2c(C)c(Br)ccc2o1. The highest BCUT2D eigenvalue weighted by Gasteiger charge is 2.14. The third kappa shape index (κ3) is 1.65. The number of hydrogen-bond donors (Lipinski definition) is 0. The first-order chi connectivity index (χ1) is 7.13. The van der Waals surface area contributed by atoms with Crippen molar-refractivity contribution in [3.8, 4) is 0 Å². The second-order valence-electron chi connectivity index (χ2n) is 3.19. The predicted octanol–water partition coefficient (Wildman–Crippen LogP) is 3.29. The van der Waals surface area contributed by atoms with Gasteiger partial charge in [0.2, 0.25) is 5.76 Å². The third-order valence-electron chi connectivity index (χ3n) is 2.29. The molecule has 0 radical (unpaired) electrons. The lowest BCUT2D eigenvalue weighted by molar-refractivity contribution is 0.0567. The average Bonchev–Trinajstić information content (AvgIpc) is 2.67. The van der Waals surface area contributed by atoms with E-state index in [1.54, 1.807) is 6.07 Å². The summed E-state index contributed by atoms with van der Waals surface area (Å²) in [5.74, 6) is -0.226. The maximum atomic E-state index is 11.3. The summed E-state index contributed by atoms with van der Waals surface area (Å²) in [6.07, 6.45) is 0. The summed E-state index contributed by atoms with van der Waals surface area (Å²) in [7, 11) is 1.33. The van der Waals surface area contributed by atoms with Gasteiger partial charge in [-0.05, 0) is 30.7 Å². The van der Waals surface area contributed by atoms with Gasteiger partial charge in [-0.15, -0.1) is 0 Å². The number of benzene rings is 1. The quantitative estimate of drug-likeness (QED) is 0.746. The number of methoxy groups -OCH3 is 1. The van der Waals surface area contributed by atoms with Gasteiger partial charge in [0.15, 0.2) is 0 Å². The molecule has 0 unspecified atom stereocenters. The van der Waals surface area contributed by atoms with E-state index in [4.69, 9.17) is 4.42 Å². The molecule has 0 saturated heterocycles. The summed E-state index contributed by atoms with van der Waals surface area (Å²) in [4.78, 5) is 11.3. The van der Waals surface area contributed by atoms with Crippen molar-refractivity contribution in [3.63, 3.8) is 0 Å². The summed E-state index contributed by atoms with van der Waals surface area (Å²) in [5.41, 5.74) is 1.74. The van der Waals surface area contributed by atoms with E-state index in [0.717, 1.165) is 15.4 Å². The number of furan rings is 1. The number of aryl methyl sites for hydroxylation is 1. The summed E-state index contributed by atoms with van der Waals surface area (Å²) in [6.45, 7) is 1.96. The molecule has 1 aromatic heterocycles. The molecule has 0 spiro atoms. The maximum Gasteiger partial charge on any atom is 0.373 e. The first kappa shape index (κ1) is 10.2. The van der Waals surface area contributed by atoms with Gasteiger partial charge >= 0.3 is 5.97 Å². The van der Waals surface area contributed by atoms with Gasteiger partial charge in [-0.25, -0.2) is 4.79 Å². The molecule has 3 nitrogen and oxygen atoms in total. The standard InChI is InChI=1S/C11H9BrO3/c1-6-7-5-10(11(13)14-2)15-9(7)4-3-8(6)12/h3-5H,1-2H3.